The molecule has 1 heterocycles. The van der Waals surface area contributed by atoms with Gasteiger partial charge in [-0.2, -0.15) is 0 Å². The maximum absolute atomic E-state index is 12.7. The molecule has 0 bridgehead atoms. The van der Waals surface area contributed by atoms with Crippen LogP contribution in [0.5, 0.6) is 0 Å². The number of rotatable bonds is 1. The molecule has 0 aromatic heterocycles. The fourth-order valence-corrected chi connectivity index (χ4v) is 3.20. The molecule has 0 atom stereocenters. The number of amides is 2. The molecule has 1 aromatic rings. The zero-order valence-corrected chi connectivity index (χ0v) is 11.6. The molecule has 20 heavy (non-hydrogen) atoms. The van der Waals surface area contributed by atoms with Crippen molar-refractivity contribution in [2.24, 2.45) is 0 Å². The quantitative estimate of drug-likeness (QED) is 0.825. The van der Waals surface area contributed by atoms with Crippen LogP contribution in [0.25, 0.3) is 0 Å². The first-order valence-corrected chi connectivity index (χ1v) is 7.11. The Hall–Kier alpha value is -2.04. The lowest BCUT2D eigenvalue weighted by Gasteiger charge is -2.49. The third-order valence-corrected chi connectivity index (χ3v) is 4.11. The first-order valence-electron chi connectivity index (χ1n) is 7.11. The van der Waals surface area contributed by atoms with Crippen LogP contribution in [0, 0.1) is 0 Å². The van der Waals surface area contributed by atoms with E-state index in [-0.39, 0.29) is 11.8 Å². The van der Waals surface area contributed by atoms with Crippen LogP contribution in [0.4, 0.5) is 5.69 Å². The number of nitrogens with one attached hydrogen (secondary N) is 2. The van der Waals surface area contributed by atoms with Gasteiger partial charge in [0.25, 0.3) is 5.91 Å². The first-order chi connectivity index (χ1) is 9.62. The van der Waals surface area contributed by atoms with Gasteiger partial charge in [-0.05, 0) is 37.8 Å². The number of hydrogen-bond donors (Lipinski definition) is 2. The standard InChI is InChI=1S/C15H19N3O2/c1-11(19)17-18-14(20)12-7-3-4-8-13(12)16-15(18)9-5-2-6-10-15/h3-4,7-8,16H,2,5-6,9-10H2,1H3,(H,17,19). The van der Waals surface area contributed by atoms with Gasteiger partial charge in [0.15, 0.2) is 0 Å². The van der Waals surface area contributed by atoms with Crippen molar-refractivity contribution in [1.82, 2.24) is 10.4 Å². The van der Waals surface area contributed by atoms with Gasteiger partial charge in [0.2, 0.25) is 5.91 Å². The lowest BCUT2D eigenvalue weighted by Crippen LogP contribution is -2.66. The van der Waals surface area contributed by atoms with E-state index in [1.54, 1.807) is 6.07 Å². The molecular formula is C15H19N3O2. The number of anilines is 1. The Balaban J connectivity index is 2.03. The molecule has 5 heteroatoms. The number of para-hydroxylation sites is 1. The summed E-state index contributed by atoms with van der Waals surface area (Å²) in [6, 6.07) is 7.47. The van der Waals surface area contributed by atoms with Crippen LogP contribution in [-0.4, -0.2) is 22.5 Å². The highest BCUT2D eigenvalue weighted by molar-refractivity contribution is 6.02. The third kappa shape index (κ3) is 2.03. The topological polar surface area (TPSA) is 61.4 Å². The smallest absolute Gasteiger partial charge is 0.276 e. The Morgan fingerprint density at radius 1 is 1.25 bits per heavy atom. The fraction of sp³-hybridized carbons (Fsp3) is 0.467. The highest BCUT2D eigenvalue weighted by atomic mass is 16.2. The van der Waals surface area contributed by atoms with Crippen LogP contribution >= 0.6 is 0 Å². The summed E-state index contributed by atoms with van der Waals surface area (Å²) >= 11 is 0. The molecule has 0 saturated heterocycles. The highest BCUT2D eigenvalue weighted by Crippen LogP contribution is 2.39. The van der Waals surface area contributed by atoms with Crippen LogP contribution in [0.3, 0.4) is 0 Å². The summed E-state index contributed by atoms with van der Waals surface area (Å²) in [5.74, 6) is -0.346. The van der Waals surface area contributed by atoms with Gasteiger partial charge in [0, 0.05) is 12.6 Å². The lowest BCUT2D eigenvalue weighted by atomic mass is 9.85. The number of fused-ring (bicyclic) bond motifs is 1. The number of hydrazine groups is 1. The van der Waals surface area contributed by atoms with Crippen LogP contribution in [0.1, 0.15) is 49.4 Å². The van der Waals surface area contributed by atoms with Crippen molar-refractivity contribution in [3.05, 3.63) is 29.8 Å². The van der Waals surface area contributed by atoms with E-state index >= 15 is 0 Å². The second kappa shape index (κ2) is 4.81. The Bertz CT molecular complexity index is 550. The number of nitrogens with zero attached hydrogens (tertiary/aromatic N) is 1. The molecule has 5 nitrogen and oxygen atoms in total. The molecule has 1 fully saturated rings. The highest BCUT2D eigenvalue weighted by Gasteiger charge is 2.45. The van der Waals surface area contributed by atoms with Crippen molar-refractivity contribution in [1.29, 1.82) is 0 Å². The number of benzene rings is 1. The minimum absolute atomic E-state index is 0.128. The SMILES string of the molecule is CC(=O)NN1C(=O)c2ccccc2NC12CCCCC2. The van der Waals surface area contributed by atoms with Crippen LogP contribution < -0.4 is 10.7 Å². The summed E-state index contributed by atoms with van der Waals surface area (Å²) in [5.41, 5.74) is 3.71. The molecule has 2 N–H and O–H groups in total. The fourth-order valence-electron chi connectivity index (χ4n) is 3.20. The van der Waals surface area contributed by atoms with Gasteiger partial charge in [-0.15, -0.1) is 0 Å². The summed E-state index contributed by atoms with van der Waals surface area (Å²) in [6.45, 7) is 1.43. The Labute approximate surface area is 118 Å². The monoisotopic (exact) mass is 273 g/mol. The normalized spacial score (nSPS) is 20.2. The third-order valence-electron chi connectivity index (χ3n) is 4.11. The van der Waals surface area contributed by atoms with Gasteiger partial charge in [-0.3, -0.25) is 15.0 Å². The average Bonchev–Trinajstić information content (AvgIpc) is 2.44. The van der Waals surface area contributed by atoms with Crippen molar-refractivity contribution in [2.75, 3.05) is 5.32 Å². The van der Waals surface area contributed by atoms with Crippen molar-refractivity contribution in [3.8, 4) is 0 Å². The molecular weight excluding hydrogens is 254 g/mol. The van der Waals surface area contributed by atoms with E-state index in [2.05, 4.69) is 10.7 Å². The maximum Gasteiger partial charge on any atom is 0.276 e. The summed E-state index contributed by atoms with van der Waals surface area (Å²) in [6.07, 6.45) is 4.99. The molecule has 106 valence electrons. The minimum atomic E-state index is -0.477. The molecule has 1 aliphatic heterocycles. The van der Waals surface area contributed by atoms with Crippen LogP contribution in [0.2, 0.25) is 0 Å². The molecule has 1 saturated carbocycles. The molecule has 1 aliphatic carbocycles. The zero-order chi connectivity index (χ0) is 14.2. The van der Waals surface area contributed by atoms with E-state index in [9.17, 15) is 9.59 Å². The van der Waals surface area contributed by atoms with E-state index in [0.29, 0.717) is 5.56 Å². The van der Waals surface area contributed by atoms with Crippen molar-refractivity contribution in [3.63, 3.8) is 0 Å². The maximum atomic E-state index is 12.7. The first kappa shape index (κ1) is 13.0. The minimum Gasteiger partial charge on any atom is -0.361 e. The van der Waals surface area contributed by atoms with Crippen molar-refractivity contribution >= 4 is 17.5 Å². The molecule has 1 spiro atoms. The largest absolute Gasteiger partial charge is 0.361 e. The van der Waals surface area contributed by atoms with Gasteiger partial charge in [0.1, 0.15) is 5.66 Å². The van der Waals surface area contributed by atoms with Gasteiger partial charge in [-0.25, -0.2) is 5.01 Å². The van der Waals surface area contributed by atoms with E-state index in [4.69, 9.17) is 0 Å². The number of carbonyl (C=O) groups is 2. The summed E-state index contributed by atoms with van der Waals surface area (Å²) in [5, 5.41) is 5.00. The zero-order valence-electron chi connectivity index (χ0n) is 11.6. The summed E-state index contributed by atoms with van der Waals surface area (Å²) < 4.78 is 0. The summed E-state index contributed by atoms with van der Waals surface area (Å²) in [7, 11) is 0. The van der Waals surface area contributed by atoms with Gasteiger partial charge in [0.05, 0.1) is 5.56 Å². The molecule has 0 unspecified atom stereocenters. The van der Waals surface area contributed by atoms with E-state index in [0.717, 1.165) is 31.4 Å². The van der Waals surface area contributed by atoms with Gasteiger partial charge >= 0.3 is 0 Å². The molecule has 1 aromatic carbocycles. The molecule has 2 amide bonds. The molecule has 0 radical (unpaired) electrons. The van der Waals surface area contributed by atoms with Gasteiger partial charge < -0.3 is 5.32 Å². The molecule has 2 aliphatic rings. The van der Waals surface area contributed by atoms with Crippen molar-refractivity contribution in [2.45, 2.75) is 44.7 Å². The van der Waals surface area contributed by atoms with E-state index in [1.165, 1.54) is 18.4 Å². The Morgan fingerprint density at radius 3 is 2.65 bits per heavy atom. The average molecular weight is 273 g/mol. The Kier molecular flexibility index (Phi) is 3.12. The van der Waals surface area contributed by atoms with Crippen molar-refractivity contribution < 1.29 is 9.59 Å². The van der Waals surface area contributed by atoms with Crippen LogP contribution in [0.15, 0.2) is 24.3 Å². The number of carbonyl (C=O) groups excluding carboxylic acids is 2. The van der Waals surface area contributed by atoms with Gasteiger partial charge in [-0.1, -0.05) is 18.6 Å². The Morgan fingerprint density at radius 2 is 1.95 bits per heavy atom. The van der Waals surface area contributed by atoms with E-state index < -0.39 is 5.66 Å². The van der Waals surface area contributed by atoms with E-state index in [1.807, 2.05) is 18.2 Å². The second-order valence-corrected chi connectivity index (χ2v) is 5.57. The molecule has 3 rings (SSSR count). The van der Waals surface area contributed by atoms with Crippen LogP contribution in [-0.2, 0) is 4.79 Å². The second-order valence-electron chi connectivity index (χ2n) is 5.57. The summed E-state index contributed by atoms with van der Waals surface area (Å²) in [4.78, 5) is 24.2. The number of hydrogen-bond acceptors (Lipinski definition) is 3. The lowest BCUT2D eigenvalue weighted by molar-refractivity contribution is -0.125. The predicted molar refractivity (Wildman–Crippen MR) is 75.9 cm³/mol. The predicted octanol–water partition coefficient (Wildman–Crippen LogP) is 2.27.